The van der Waals surface area contributed by atoms with Gasteiger partial charge in [-0.3, -0.25) is 0 Å². The molecule has 22 heavy (non-hydrogen) atoms. The fourth-order valence-corrected chi connectivity index (χ4v) is 2.61. The van der Waals surface area contributed by atoms with Crippen LogP contribution in [0.5, 0.6) is 0 Å². The van der Waals surface area contributed by atoms with Crippen molar-refractivity contribution < 1.29 is 25.2 Å². The Labute approximate surface area is 128 Å². The minimum atomic E-state index is -1.40. The Kier molecular flexibility index (Phi) is 5.44. The van der Waals surface area contributed by atoms with Gasteiger partial charge < -0.3 is 30.6 Å². The lowest BCUT2D eigenvalue weighted by atomic mass is 9.90. The molecular weight excluding hydrogens is 286 g/mol. The van der Waals surface area contributed by atoms with Crippen molar-refractivity contribution in [2.24, 2.45) is 0 Å². The van der Waals surface area contributed by atoms with Crippen LogP contribution in [0.25, 0.3) is 5.57 Å². The summed E-state index contributed by atoms with van der Waals surface area (Å²) in [4.78, 5) is 0. The van der Waals surface area contributed by atoms with Crippen LogP contribution in [0.15, 0.2) is 30.3 Å². The van der Waals surface area contributed by atoms with E-state index < -0.39 is 37.1 Å². The van der Waals surface area contributed by atoms with Gasteiger partial charge in [0.2, 0.25) is 0 Å². The molecule has 120 valence electrons. The lowest BCUT2D eigenvalue weighted by Gasteiger charge is -2.40. The zero-order valence-corrected chi connectivity index (χ0v) is 12.3. The van der Waals surface area contributed by atoms with Crippen molar-refractivity contribution in [3.05, 3.63) is 41.5 Å². The molecule has 0 aromatic heterocycles. The van der Waals surface area contributed by atoms with Crippen LogP contribution < -0.4 is 0 Å². The quantitative estimate of drug-likeness (QED) is 0.512. The summed E-state index contributed by atoms with van der Waals surface area (Å²) in [6.45, 7) is 1.36. The molecular formula is C16H21NO5. The number of nitrogens with one attached hydrogen (secondary N) is 1. The van der Waals surface area contributed by atoms with E-state index in [1.54, 1.807) is 24.3 Å². The zero-order valence-electron chi connectivity index (χ0n) is 12.3. The summed E-state index contributed by atoms with van der Waals surface area (Å²) in [7, 11) is 0. The largest absolute Gasteiger partial charge is 0.394 e. The molecule has 6 heteroatoms. The highest BCUT2D eigenvalue weighted by Crippen LogP contribution is 2.33. The van der Waals surface area contributed by atoms with E-state index in [9.17, 15) is 20.4 Å². The van der Waals surface area contributed by atoms with Gasteiger partial charge in [0.1, 0.15) is 30.5 Å². The Balaban J connectivity index is 2.34. The summed E-state index contributed by atoms with van der Waals surface area (Å²) >= 11 is 0. The molecule has 0 amide bonds. The molecule has 6 nitrogen and oxygen atoms in total. The van der Waals surface area contributed by atoms with E-state index in [0.29, 0.717) is 11.1 Å². The normalized spacial score (nSPS) is 32.8. The van der Waals surface area contributed by atoms with Gasteiger partial charge in [-0.05, 0) is 29.7 Å². The molecule has 1 heterocycles. The van der Waals surface area contributed by atoms with E-state index in [4.69, 9.17) is 10.1 Å². The van der Waals surface area contributed by atoms with Crippen LogP contribution in [0.1, 0.15) is 24.2 Å². The third kappa shape index (κ3) is 3.11. The second kappa shape index (κ2) is 7.13. The summed E-state index contributed by atoms with van der Waals surface area (Å²) < 4.78 is 5.53. The third-order valence-corrected chi connectivity index (χ3v) is 3.91. The zero-order chi connectivity index (χ0) is 16.3. The van der Waals surface area contributed by atoms with Crippen molar-refractivity contribution in [1.29, 1.82) is 5.41 Å². The van der Waals surface area contributed by atoms with Crippen LogP contribution >= 0.6 is 0 Å². The molecule has 1 saturated heterocycles. The standard InChI is InChI=1S/C16H21NO5/c1-2-9(7-17)10-4-3-5-11(6-10)16-15(21)14(20)13(19)12(8-18)22-16/h2-7,12-21H,8H2,1H3. The van der Waals surface area contributed by atoms with Crippen LogP contribution in [-0.2, 0) is 4.74 Å². The van der Waals surface area contributed by atoms with Gasteiger partial charge in [0.15, 0.2) is 0 Å². The van der Waals surface area contributed by atoms with Gasteiger partial charge in [0.25, 0.3) is 0 Å². The number of ether oxygens (including phenoxy) is 1. The number of aliphatic hydroxyl groups is 4. The lowest BCUT2D eigenvalue weighted by Crippen LogP contribution is -2.55. The monoisotopic (exact) mass is 307 g/mol. The molecule has 2 rings (SSSR count). The molecule has 5 N–H and O–H groups in total. The van der Waals surface area contributed by atoms with Gasteiger partial charge in [0, 0.05) is 6.21 Å². The number of aliphatic hydroxyl groups excluding tert-OH is 4. The maximum Gasteiger partial charge on any atom is 0.113 e. The number of allylic oxidation sites excluding steroid dienone is 2. The van der Waals surface area contributed by atoms with Gasteiger partial charge in [-0.1, -0.05) is 24.3 Å². The second-order valence-electron chi connectivity index (χ2n) is 5.26. The maximum absolute atomic E-state index is 10.1. The minimum Gasteiger partial charge on any atom is -0.394 e. The number of rotatable bonds is 4. The molecule has 1 fully saturated rings. The van der Waals surface area contributed by atoms with Crippen LogP contribution in [0.3, 0.4) is 0 Å². The summed E-state index contributed by atoms with van der Waals surface area (Å²) in [5.74, 6) is 0. The number of benzene rings is 1. The van der Waals surface area contributed by atoms with Crippen molar-refractivity contribution in [1.82, 2.24) is 0 Å². The highest BCUT2D eigenvalue weighted by atomic mass is 16.5. The smallest absolute Gasteiger partial charge is 0.113 e. The first-order valence-corrected chi connectivity index (χ1v) is 7.11. The first-order valence-electron chi connectivity index (χ1n) is 7.11. The molecule has 1 aliphatic heterocycles. The maximum atomic E-state index is 10.1. The summed E-state index contributed by atoms with van der Waals surface area (Å²) in [6.07, 6.45) is -2.85. The Morgan fingerprint density at radius 3 is 2.55 bits per heavy atom. The van der Waals surface area contributed by atoms with Crippen molar-refractivity contribution in [3.63, 3.8) is 0 Å². The van der Waals surface area contributed by atoms with Crippen LogP contribution in [0.4, 0.5) is 0 Å². The Hall–Kier alpha value is -1.57. The summed E-state index contributed by atoms with van der Waals surface area (Å²) in [5.41, 5.74) is 2.11. The van der Waals surface area contributed by atoms with E-state index in [0.717, 1.165) is 5.56 Å². The molecule has 1 aromatic rings. The molecule has 0 spiro atoms. The molecule has 0 bridgehead atoms. The fraction of sp³-hybridized carbons (Fsp3) is 0.438. The van der Waals surface area contributed by atoms with Crippen molar-refractivity contribution in [3.8, 4) is 0 Å². The third-order valence-electron chi connectivity index (χ3n) is 3.91. The minimum absolute atomic E-state index is 0.457. The van der Waals surface area contributed by atoms with Gasteiger partial charge >= 0.3 is 0 Å². The lowest BCUT2D eigenvalue weighted by molar-refractivity contribution is -0.231. The van der Waals surface area contributed by atoms with E-state index in [1.807, 2.05) is 13.0 Å². The first-order chi connectivity index (χ1) is 10.5. The number of hydrogen-bond donors (Lipinski definition) is 5. The van der Waals surface area contributed by atoms with Gasteiger partial charge in [0.05, 0.1) is 6.61 Å². The molecule has 5 unspecified atom stereocenters. The average Bonchev–Trinajstić information content (AvgIpc) is 2.54. The molecule has 0 aliphatic carbocycles. The summed E-state index contributed by atoms with van der Waals surface area (Å²) in [6, 6.07) is 7.08. The van der Waals surface area contributed by atoms with Crippen molar-refractivity contribution >= 4 is 11.8 Å². The van der Waals surface area contributed by atoms with Gasteiger partial charge in [-0.2, -0.15) is 0 Å². The Morgan fingerprint density at radius 1 is 1.23 bits per heavy atom. The topological polar surface area (TPSA) is 114 Å². The Morgan fingerprint density at radius 2 is 1.95 bits per heavy atom. The highest BCUT2D eigenvalue weighted by molar-refractivity contribution is 6.08. The van der Waals surface area contributed by atoms with Crippen molar-refractivity contribution in [2.45, 2.75) is 37.4 Å². The van der Waals surface area contributed by atoms with Crippen LogP contribution in [-0.4, -0.2) is 57.7 Å². The molecule has 1 aromatic carbocycles. The van der Waals surface area contributed by atoms with E-state index in [-0.39, 0.29) is 0 Å². The molecule has 1 aliphatic rings. The van der Waals surface area contributed by atoms with E-state index in [1.165, 1.54) is 6.21 Å². The van der Waals surface area contributed by atoms with Crippen LogP contribution in [0, 0.1) is 5.41 Å². The van der Waals surface area contributed by atoms with Gasteiger partial charge in [-0.25, -0.2) is 0 Å². The SMILES string of the molecule is CC=C(C=N)c1cccc(C2OC(CO)C(O)C(O)C2O)c1. The average molecular weight is 307 g/mol. The van der Waals surface area contributed by atoms with Crippen LogP contribution in [0.2, 0.25) is 0 Å². The second-order valence-corrected chi connectivity index (χ2v) is 5.26. The van der Waals surface area contributed by atoms with E-state index >= 15 is 0 Å². The number of hydrogen-bond acceptors (Lipinski definition) is 6. The first kappa shape index (κ1) is 16.8. The molecule has 0 radical (unpaired) electrons. The fourth-order valence-electron chi connectivity index (χ4n) is 2.61. The Bertz CT molecular complexity index is 557. The molecule has 0 saturated carbocycles. The van der Waals surface area contributed by atoms with E-state index in [2.05, 4.69) is 0 Å². The predicted molar refractivity (Wildman–Crippen MR) is 81.6 cm³/mol. The summed E-state index contributed by atoms with van der Waals surface area (Å²) in [5, 5.41) is 46.4. The molecule has 5 atom stereocenters. The van der Waals surface area contributed by atoms with Crippen molar-refractivity contribution in [2.75, 3.05) is 6.61 Å². The highest BCUT2D eigenvalue weighted by Gasteiger charge is 2.43. The van der Waals surface area contributed by atoms with Gasteiger partial charge in [-0.15, -0.1) is 0 Å². The predicted octanol–water partition coefficient (Wildman–Crippen LogP) is 0.254.